The Morgan fingerprint density at radius 2 is 2.10 bits per heavy atom. The lowest BCUT2D eigenvalue weighted by molar-refractivity contribution is -0.116. The highest BCUT2D eigenvalue weighted by molar-refractivity contribution is 6.33. The van der Waals surface area contributed by atoms with E-state index in [0.717, 1.165) is 31.2 Å². The highest BCUT2D eigenvalue weighted by atomic mass is 35.5. The van der Waals surface area contributed by atoms with Gasteiger partial charge in [0, 0.05) is 6.42 Å². The summed E-state index contributed by atoms with van der Waals surface area (Å²) in [7, 11) is 0. The van der Waals surface area contributed by atoms with Gasteiger partial charge in [-0.3, -0.25) is 4.79 Å². The molecule has 1 aromatic carbocycles. The van der Waals surface area contributed by atoms with E-state index in [-0.39, 0.29) is 5.91 Å². The Hall–Kier alpha value is -1.06. The molecule has 1 aromatic rings. The smallest absolute Gasteiger partial charge is 0.224 e. The molecular formula is C16H25ClN2O. The molecule has 0 aliphatic heterocycles. The largest absolute Gasteiger partial charge is 0.330 e. The van der Waals surface area contributed by atoms with Gasteiger partial charge in [0.2, 0.25) is 5.91 Å². The molecule has 3 nitrogen and oxygen atoms in total. The average molecular weight is 297 g/mol. The van der Waals surface area contributed by atoms with Crippen molar-refractivity contribution in [3.63, 3.8) is 0 Å². The molecule has 0 aromatic heterocycles. The zero-order chi connectivity index (χ0) is 15.0. The summed E-state index contributed by atoms with van der Waals surface area (Å²) >= 11 is 6.07. The summed E-state index contributed by atoms with van der Waals surface area (Å²) in [5.41, 5.74) is 7.39. The quantitative estimate of drug-likeness (QED) is 0.758. The average Bonchev–Trinajstić information content (AvgIpc) is 2.41. The molecule has 3 N–H and O–H groups in total. The number of halogens is 1. The Kier molecular flexibility index (Phi) is 7.63. The van der Waals surface area contributed by atoms with E-state index in [1.807, 2.05) is 19.1 Å². The van der Waals surface area contributed by atoms with Gasteiger partial charge in [-0.05, 0) is 49.9 Å². The van der Waals surface area contributed by atoms with E-state index in [4.69, 9.17) is 17.3 Å². The van der Waals surface area contributed by atoms with Crippen molar-refractivity contribution < 1.29 is 4.79 Å². The fraction of sp³-hybridized carbons (Fsp3) is 0.562. The molecule has 112 valence electrons. The van der Waals surface area contributed by atoms with Gasteiger partial charge in [0.1, 0.15) is 0 Å². The van der Waals surface area contributed by atoms with Gasteiger partial charge < -0.3 is 11.1 Å². The number of nitrogens with one attached hydrogen (secondary N) is 1. The second-order valence-electron chi connectivity index (χ2n) is 5.30. The summed E-state index contributed by atoms with van der Waals surface area (Å²) in [6, 6.07) is 5.63. The zero-order valence-electron chi connectivity index (χ0n) is 12.4. The van der Waals surface area contributed by atoms with E-state index in [9.17, 15) is 4.79 Å². The molecule has 0 saturated carbocycles. The molecule has 1 amide bonds. The van der Waals surface area contributed by atoms with Gasteiger partial charge in [-0.1, -0.05) is 37.4 Å². The molecule has 20 heavy (non-hydrogen) atoms. The first-order valence-electron chi connectivity index (χ1n) is 7.32. The van der Waals surface area contributed by atoms with Crippen LogP contribution in [0.15, 0.2) is 18.2 Å². The van der Waals surface area contributed by atoms with Crippen molar-refractivity contribution in [2.45, 2.75) is 46.0 Å². The third kappa shape index (κ3) is 5.93. The SMILES string of the molecule is CCCC(CCN)CCC(=O)Nc1cc(C)ccc1Cl. The molecule has 0 aliphatic carbocycles. The number of nitrogens with two attached hydrogens (primary N) is 1. The van der Waals surface area contributed by atoms with Crippen LogP contribution in [-0.4, -0.2) is 12.5 Å². The molecule has 0 heterocycles. The summed E-state index contributed by atoms with van der Waals surface area (Å²) < 4.78 is 0. The van der Waals surface area contributed by atoms with Crippen LogP contribution < -0.4 is 11.1 Å². The van der Waals surface area contributed by atoms with Crippen molar-refractivity contribution >= 4 is 23.2 Å². The second kappa shape index (κ2) is 8.98. The first-order valence-corrected chi connectivity index (χ1v) is 7.70. The Morgan fingerprint density at radius 3 is 2.75 bits per heavy atom. The summed E-state index contributed by atoms with van der Waals surface area (Å²) in [5, 5.41) is 3.47. The van der Waals surface area contributed by atoms with Crippen molar-refractivity contribution in [3.8, 4) is 0 Å². The highest BCUT2D eigenvalue weighted by Crippen LogP contribution is 2.23. The van der Waals surface area contributed by atoms with Gasteiger partial charge in [0.05, 0.1) is 10.7 Å². The van der Waals surface area contributed by atoms with Crippen LogP contribution in [0, 0.1) is 12.8 Å². The molecule has 0 fully saturated rings. The summed E-state index contributed by atoms with van der Waals surface area (Å²) in [6.45, 7) is 4.83. The molecule has 0 spiro atoms. The minimum atomic E-state index is 0.0237. The number of benzene rings is 1. The van der Waals surface area contributed by atoms with Crippen LogP contribution >= 0.6 is 11.6 Å². The maximum Gasteiger partial charge on any atom is 0.224 e. The number of hydrogen-bond donors (Lipinski definition) is 2. The number of amides is 1. The Labute approximate surface area is 126 Å². The van der Waals surface area contributed by atoms with Crippen molar-refractivity contribution in [3.05, 3.63) is 28.8 Å². The summed E-state index contributed by atoms with van der Waals surface area (Å²) in [5.74, 6) is 0.569. The number of rotatable bonds is 8. The first-order chi connectivity index (χ1) is 9.56. The van der Waals surface area contributed by atoms with Crippen LogP contribution in [0.4, 0.5) is 5.69 Å². The minimum absolute atomic E-state index is 0.0237. The van der Waals surface area contributed by atoms with Gasteiger partial charge in [0.25, 0.3) is 0 Å². The monoisotopic (exact) mass is 296 g/mol. The maximum absolute atomic E-state index is 12.0. The van der Waals surface area contributed by atoms with E-state index in [1.165, 1.54) is 0 Å². The lowest BCUT2D eigenvalue weighted by Gasteiger charge is -2.15. The standard InChI is InChI=1S/C16H25ClN2O/c1-3-4-13(9-10-18)6-8-16(20)19-15-11-12(2)5-7-14(15)17/h5,7,11,13H,3-4,6,8-10,18H2,1-2H3,(H,19,20). The molecule has 1 rings (SSSR count). The first kappa shape index (κ1) is 17.0. The number of hydrogen-bond acceptors (Lipinski definition) is 2. The maximum atomic E-state index is 12.0. The van der Waals surface area contributed by atoms with Crippen LogP contribution in [0.2, 0.25) is 5.02 Å². The molecule has 0 radical (unpaired) electrons. The lowest BCUT2D eigenvalue weighted by Crippen LogP contribution is -2.15. The van der Waals surface area contributed by atoms with Crippen LogP contribution in [0.1, 0.15) is 44.6 Å². The molecule has 1 atom stereocenters. The van der Waals surface area contributed by atoms with Crippen molar-refractivity contribution in [2.24, 2.45) is 11.7 Å². The van der Waals surface area contributed by atoms with Gasteiger partial charge in [-0.25, -0.2) is 0 Å². The van der Waals surface area contributed by atoms with Crippen molar-refractivity contribution in [1.82, 2.24) is 0 Å². The molecule has 1 unspecified atom stereocenters. The Bertz CT molecular complexity index is 428. The minimum Gasteiger partial charge on any atom is -0.330 e. The second-order valence-corrected chi connectivity index (χ2v) is 5.71. The van der Waals surface area contributed by atoms with Gasteiger partial charge in [-0.15, -0.1) is 0 Å². The Morgan fingerprint density at radius 1 is 1.35 bits per heavy atom. The topological polar surface area (TPSA) is 55.1 Å². The predicted molar refractivity (Wildman–Crippen MR) is 86.1 cm³/mol. The van der Waals surface area contributed by atoms with Gasteiger partial charge in [0.15, 0.2) is 0 Å². The van der Waals surface area contributed by atoms with E-state index in [2.05, 4.69) is 12.2 Å². The molecule has 4 heteroatoms. The third-order valence-corrected chi connectivity index (χ3v) is 3.78. The van der Waals surface area contributed by atoms with E-state index in [1.54, 1.807) is 6.07 Å². The molecule has 0 bridgehead atoms. The number of anilines is 1. The highest BCUT2D eigenvalue weighted by Gasteiger charge is 2.11. The number of aryl methyl sites for hydroxylation is 1. The van der Waals surface area contributed by atoms with Crippen molar-refractivity contribution in [1.29, 1.82) is 0 Å². The summed E-state index contributed by atoms with van der Waals surface area (Å²) in [6.07, 6.45) is 4.67. The van der Waals surface area contributed by atoms with Gasteiger partial charge in [-0.2, -0.15) is 0 Å². The fourth-order valence-corrected chi connectivity index (χ4v) is 2.52. The fourth-order valence-electron chi connectivity index (χ4n) is 2.36. The molecular weight excluding hydrogens is 272 g/mol. The van der Waals surface area contributed by atoms with Crippen LogP contribution in [-0.2, 0) is 4.79 Å². The van der Waals surface area contributed by atoms with Crippen LogP contribution in [0.3, 0.4) is 0 Å². The number of carbonyl (C=O) groups is 1. The normalized spacial score (nSPS) is 12.2. The van der Waals surface area contributed by atoms with E-state index in [0.29, 0.717) is 29.6 Å². The van der Waals surface area contributed by atoms with Gasteiger partial charge >= 0.3 is 0 Å². The van der Waals surface area contributed by atoms with E-state index >= 15 is 0 Å². The molecule has 0 aliphatic rings. The third-order valence-electron chi connectivity index (χ3n) is 3.45. The predicted octanol–water partition coefficient (Wildman–Crippen LogP) is 4.13. The Balaban J connectivity index is 2.48. The van der Waals surface area contributed by atoms with Crippen molar-refractivity contribution in [2.75, 3.05) is 11.9 Å². The van der Waals surface area contributed by atoms with Crippen LogP contribution in [0.5, 0.6) is 0 Å². The van der Waals surface area contributed by atoms with E-state index < -0.39 is 0 Å². The lowest BCUT2D eigenvalue weighted by atomic mass is 9.94. The summed E-state index contributed by atoms with van der Waals surface area (Å²) in [4.78, 5) is 12.0. The number of carbonyl (C=O) groups excluding carboxylic acids is 1. The zero-order valence-corrected chi connectivity index (χ0v) is 13.2. The van der Waals surface area contributed by atoms with Crippen LogP contribution in [0.25, 0.3) is 0 Å². The molecule has 0 saturated heterocycles.